The van der Waals surface area contributed by atoms with Gasteiger partial charge < -0.3 is 10.2 Å². The van der Waals surface area contributed by atoms with Gasteiger partial charge >= 0.3 is 0 Å². The van der Waals surface area contributed by atoms with Gasteiger partial charge in [0, 0.05) is 25.8 Å². The lowest BCUT2D eigenvalue weighted by Gasteiger charge is -2.35. The van der Waals surface area contributed by atoms with Crippen LogP contribution in [0.1, 0.15) is 43.0 Å². The number of halogens is 1. The Balaban J connectivity index is 2.20. The van der Waals surface area contributed by atoms with Crippen LogP contribution in [-0.4, -0.2) is 35.4 Å². The molecule has 1 aliphatic heterocycles. The maximum Gasteiger partial charge on any atom is 0.255 e. The van der Waals surface area contributed by atoms with Crippen molar-refractivity contribution in [3.63, 3.8) is 0 Å². The first kappa shape index (κ1) is 14.1. The predicted octanol–water partition coefficient (Wildman–Crippen LogP) is 3.18. The number of piperidine rings is 1. The van der Waals surface area contributed by atoms with Crippen LogP contribution in [0, 0.1) is 0 Å². The molecule has 1 aromatic heterocycles. The minimum Gasteiger partial charge on any atom is -0.372 e. The van der Waals surface area contributed by atoms with Crippen LogP contribution in [0.3, 0.4) is 0 Å². The molecule has 0 radical (unpaired) electrons. The van der Waals surface area contributed by atoms with Gasteiger partial charge in [-0.25, -0.2) is 4.98 Å². The van der Waals surface area contributed by atoms with Crippen molar-refractivity contribution in [2.75, 3.05) is 18.9 Å². The predicted molar refractivity (Wildman–Crippen MR) is 77.8 cm³/mol. The van der Waals surface area contributed by atoms with Gasteiger partial charge in [-0.05, 0) is 31.7 Å². The smallest absolute Gasteiger partial charge is 0.255 e. The third-order valence-corrected chi connectivity index (χ3v) is 3.97. The molecule has 1 saturated heterocycles. The normalized spacial score (nSPS) is 19.3. The molecule has 4 nitrogen and oxygen atoms in total. The summed E-state index contributed by atoms with van der Waals surface area (Å²) >= 11 is 6.09. The maximum absolute atomic E-state index is 12.5. The number of rotatable bonds is 3. The lowest BCUT2D eigenvalue weighted by Crippen LogP contribution is -2.43. The van der Waals surface area contributed by atoms with Crippen molar-refractivity contribution in [2.45, 2.75) is 38.6 Å². The quantitative estimate of drug-likeness (QED) is 0.925. The van der Waals surface area contributed by atoms with E-state index in [0.29, 0.717) is 22.4 Å². The lowest BCUT2D eigenvalue weighted by atomic mass is 9.99. The van der Waals surface area contributed by atoms with E-state index < -0.39 is 0 Å². The van der Waals surface area contributed by atoms with Crippen molar-refractivity contribution < 1.29 is 4.79 Å². The van der Waals surface area contributed by atoms with Crippen LogP contribution in [0.4, 0.5) is 5.82 Å². The van der Waals surface area contributed by atoms with E-state index in [2.05, 4.69) is 17.2 Å². The van der Waals surface area contributed by atoms with Gasteiger partial charge in [-0.3, -0.25) is 4.79 Å². The Morgan fingerprint density at radius 3 is 3.00 bits per heavy atom. The van der Waals surface area contributed by atoms with E-state index in [9.17, 15) is 4.79 Å². The molecular weight excluding hydrogens is 262 g/mol. The Morgan fingerprint density at radius 2 is 2.37 bits per heavy atom. The van der Waals surface area contributed by atoms with Gasteiger partial charge in [-0.2, -0.15) is 0 Å². The third-order valence-electron chi connectivity index (χ3n) is 3.68. The molecule has 0 bridgehead atoms. The third kappa shape index (κ3) is 3.00. The second-order valence-corrected chi connectivity index (χ2v) is 5.27. The van der Waals surface area contributed by atoms with Crippen LogP contribution < -0.4 is 5.32 Å². The fourth-order valence-electron chi connectivity index (χ4n) is 2.60. The highest BCUT2D eigenvalue weighted by Gasteiger charge is 2.26. The summed E-state index contributed by atoms with van der Waals surface area (Å²) in [6.07, 6.45) is 5.98. The molecule has 1 aliphatic rings. The second-order valence-electron chi connectivity index (χ2n) is 4.86. The van der Waals surface area contributed by atoms with Gasteiger partial charge in [0.1, 0.15) is 5.82 Å². The molecule has 104 valence electrons. The summed E-state index contributed by atoms with van der Waals surface area (Å²) in [5.74, 6) is 0.646. The molecule has 0 spiro atoms. The van der Waals surface area contributed by atoms with Crippen LogP contribution in [0.5, 0.6) is 0 Å². The fraction of sp³-hybridized carbons (Fsp3) is 0.571. The van der Waals surface area contributed by atoms with Crippen molar-refractivity contribution in [3.05, 3.63) is 22.8 Å². The largest absolute Gasteiger partial charge is 0.372 e. The molecular formula is C14H20ClN3O. The summed E-state index contributed by atoms with van der Waals surface area (Å²) < 4.78 is 0. The van der Waals surface area contributed by atoms with Gasteiger partial charge in [0.25, 0.3) is 5.91 Å². The first-order chi connectivity index (χ1) is 9.17. The number of hydrogen-bond acceptors (Lipinski definition) is 3. The summed E-state index contributed by atoms with van der Waals surface area (Å²) in [5, 5.41) is 3.38. The molecule has 2 rings (SSSR count). The van der Waals surface area contributed by atoms with Crippen LogP contribution in [0.15, 0.2) is 12.3 Å². The molecule has 1 unspecified atom stereocenters. The maximum atomic E-state index is 12.5. The molecule has 1 amide bonds. The Kier molecular flexibility index (Phi) is 4.64. The average molecular weight is 282 g/mol. The van der Waals surface area contributed by atoms with Gasteiger partial charge in [0.15, 0.2) is 0 Å². The number of carbonyl (C=O) groups is 1. The summed E-state index contributed by atoms with van der Waals surface area (Å²) in [5.41, 5.74) is 0.573. The fourth-order valence-corrected chi connectivity index (χ4v) is 2.86. The van der Waals surface area contributed by atoms with E-state index >= 15 is 0 Å². The molecule has 1 fully saturated rings. The molecule has 1 aromatic rings. The highest BCUT2D eigenvalue weighted by Crippen LogP contribution is 2.24. The van der Waals surface area contributed by atoms with Gasteiger partial charge in [0.2, 0.25) is 0 Å². The summed E-state index contributed by atoms with van der Waals surface area (Å²) in [6, 6.07) is 2.05. The monoisotopic (exact) mass is 281 g/mol. The van der Waals surface area contributed by atoms with E-state index in [1.165, 1.54) is 6.42 Å². The topological polar surface area (TPSA) is 45.2 Å². The standard InChI is InChI=1S/C14H20ClN3O/c1-3-11-6-4-5-7-18(11)14(19)10-8-12(15)13(16-2)17-9-10/h8-9,11H,3-7H2,1-2H3,(H,16,17). The summed E-state index contributed by atoms with van der Waals surface area (Å²) in [7, 11) is 1.76. The van der Waals surface area contributed by atoms with Crippen molar-refractivity contribution >= 4 is 23.3 Å². The molecule has 5 heteroatoms. The van der Waals surface area contributed by atoms with E-state index in [-0.39, 0.29) is 5.91 Å². The number of hydrogen-bond donors (Lipinski definition) is 1. The van der Waals surface area contributed by atoms with Gasteiger partial charge in [-0.1, -0.05) is 18.5 Å². The van der Waals surface area contributed by atoms with Crippen molar-refractivity contribution in [2.24, 2.45) is 0 Å². The number of pyridine rings is 1. The molecule has 2 heterocycles. The first-order valence-electron chi connectivity index (χ1n) is 6.81. The van der Waals surface area contributed by atoms with Crippen LogP contribution in [0.2, 0.25) is 5.02 Å². The van der Waals surface area contributed by atoms with Gasteiger partial charge in [-0.15, -0.1) is 0 Å². The van der Waals surface area contributed by atoms with Crippen LogP contribution >= 0.6 is 11.6 Å². The Morgan fingerprint density at radius 1 is 1.58 bits per heavy atom. The SMILES string of the molecule is CCC1CCCCN1C(=O)c1cnc(NC)c(Cl)c1. The zero-order valence-electron chi connectivity index (χ0n) is 11.4. The highest BCUT2D eigenvalue weighted by atomic mass is 35.5. The zero-order valence-corrected chi connectivity index (χ0v) is 12.2. The van der Waals surface area contributed by atoms with Crippen LogP contribution in [0.25, 0.3) is 0 Å². The first-order valence-corrected chi connectivity index (χ1v) is 7.19. The Bertz CT molecular complexity index is 464. The van der Waals surface area contributed by atoms with Gasteiger partial charge in [0.05, 0.1) is 10.6 Å². The summed E-state index contributed by atoms with van der Waals surface area (Å²) in [6.45, 7) is 2.97. The number of anilines is 1. The zero-order chi connectivity index (χ0) is 13.8. The number of amides is 1. The molecule has 0 aromatic carbocycles. The van der Waals surface area contributed by atoms with Crippen molar-refractivity contribution in [1.82, 2.24) is 9.88 Å². The number of carbonyl (C=O) groups excluding carboxylic acids is 1. The molecule has 1 atom stereocenters. The van der Waals surface area contributed by atoms with Crippen molar-refractivity contribution in [1.29, 1.82) is 0 Å². The average Bonchev–Trinajstić information content (AvgIpc) is 2.46. The summed E-state index contributed by atoms with van der Waals surface area (Å²) in [4.78, 5) is 18.7. The Hall–Kier alpha value is -1.29. The van der Waals surface area contributed by atoms with Crippen LogP contribution in [-0.2, 0) is 0 Å². The minimum atomic E-state index is 0.0450. The van der Waals surface area contributed by atoms with E-state index in [4.69, 9.17) is 11.6 Å². The number of nitrogens with zero attached hydrogens (tertiary/aromatic N) is 2. The number of likely N-dealkylation sites (tertiary alicyclic amines) is 1. The highest BCUT2D eigenvalue weighted by molar-refractivity contribution is 6.33. The number of nitrogens with one attached hydrogen (secondary N) is 1. The Labute approximate surface area is 119 Å². The molecule has 0 saturated carbocycles. The van der Waals surface area contributed by atoms with Crippen molar-refractivity contribution in [3.8, 4) is 0 Å². The second kappa shape index (κ2) is 6.24. The molecule has 19 heavy (non-hydrogen) atoms. The van der Waals surface area contributed by atoms with E-state index in [1.807, 2.05) is 4.90 Å². The van der Waals surface area contributed by atoms with E-state index in [0.717, 1.165) is 25.8 Å². The molecule has 1 N–H and O–H groups in total. The van der Waals surface area contributed by atoms with E-state index in [1.54, 1.807) is 19.3 Å². The lowest BCUT2D eigenvalue weighted by molar-refractivity contribution is 0.0607. The molecule has 0 aliphatic carbocycles. The number of aromatic nitrogens is 1. The minimum absolute atomic E-state index is 0.0450.